The lowest BCUT2D eigenvalue weighted by Crippen LogP contribution is -2.47. The molecule has 1 aliphatic heterocycles. The molecule has 15 heavy (non-hydrogen) atoms. The standard InChI is InChI=1S/C11H11NO3/c1-11(13,7-12)10-6-14-8-4-2-3-5-9(8)15-10/h2-5,10,13H,6H2,1H3. The fourth-order valence-corrected chi connectivity index (χ4v) is 1.37. The van der Waals surface area contributed by atoms with Gasteiger partial charge in [0.15, 0.2) is 23.2 Å². The molecular weight excluding hydrogens is 194 g/mol. The summed E-state index contributed by atoms with van der Waals surface area (Å²) in [6.07, 6.45) is -0.655. The Hall–Kier alpha value is -1.73. The van der Waals surface area contributed by atoms with Gasteiger partial charge in [-0.2, -0.15) is 5.26 Å². The van der Waals surface area contributed by atoms with Gasteiger partial charge in [0.05, 0.1) is 0 Å². The summed E-state index contributed by atoms with van der Waals surface area (Å²) < 4.78 is 10.9. The quantitative estimate of drug-likeness (QED) is 0.697. The van der Waals surface area contributed by atoms with Crippen LogP contribution >= 0.6 is 0 Å². The van der Waals surface area contributed by atoms with Crippen molar-refractivity contribution in [1.29, 1.82) is 5.26 Å². The first-order valence-electron chi connectivity index (χ1n) is 4.65. The van der Waals surface area contributed by atoms with E-state index in [1.807, 2.05) is 12.1 Å². The highest BCUT2D eigenvalue weighted by Crippen LogP contribution is 2.33. The number of benzene rings is 1. The third-order valence-corrected chi connectivity index (χ3v) is 2.36. The van der Waals surface area contributed by atoms with Crippen molar-refractivity contribution in [3.8, 4) is 17.6 Å². The molecule has 4 heteroatoms. The monoisotopic (exact) mass is 205 g/mol. The third kappa shape index (κ3) is 1.74. The predicted octanol–water partition coefficient (Wildman–Crippen LogP) is 1.10. The average molecular weight is 205 g/mol. The molecule has 2 atom stereocenters. The van der Waals surface area contributed by atoms with Crippen molar-refractivity contribution in [2.75, 3.05) is 6.61 Å². The van der Waals surface area contributed by atoms with E-state index in [1.165, 1.54) is 6.92 Å². The number of ether oxygens (including phenoxy) is 2. The minimum absolute atomic E-state index is 0.178. The van der Waals surface area contributed by atoms with Crippen LogP contribution in [0.1, 0.15) is 6.92 Å². The molecule has 0 fully saturated rings. The largest absolute Gasteiger partial charge is 0.486 e. The number of para-hydroxylation sites is 2. The minimum Gasteiger partial charge on any atom is -0.486 e. The van der Waals surface area contributed by atoms with E-state index in [-0.39, 0.29) is 6.61 Å². The molecule has 0 amide bonds. The molecular formula is C11H11NO3. The second kappa shape index (κ2) is 3.44. The van der Waals surface area contributed by atoms with Crippen LogP contribution in [0.4, 0.5) is 0 Å². The van der Waals surface area contributed by atoms with Gasteiger partial charge >= 0.3 is 0 Å². The second-order valence-corrected chi connectivity index (χ2v) is 3.62. The zero-order valence-corrected chi connectivity index (χ0v) is 8.30. The molecule has 0 saturated heterocycles. The maximum Gasteiger partial charge on any atom is 0.188 e. The van der Waals surface area contributed by atoms with Crippen LogP contribution in [0.5, 0.6) is 11.5 Å². The van der Waals surface area contributed by atoms with E-state index >= 15 is 0 Å². The number of nitrogens with zero attached hydrogens (tertiary/aromatic N) is 1. The smallest absolute Gasteiger partial charge is 0.188 e. The van der Waals surface area contributed by atoms with Gasteiger partial charge in [0.25, 0.3) is 0 Å². The highest BCUT2D eigenvalue weighted by molar-refractivity contribution is 5.41. The van der Waals surface area contributed by atoms with Gasteiger partial charge in [0.2, 0.25) is 0 Å². The van der Waals surface area contributed by atoms with E-state index in [1.54, 1.807) is 18.2 Å². The Labute approximate surface area is 87.7 Å². The van der Waals surface area contributed by atoms with Crippen molar-refractivity contribution in [1.82, 2.24) is 0 Å². The van der Waals surface area contributed by atoms with Gasteiger partial charge in [-0.15, -0.1) is 0 Å². The first kappa shape index (κ1) is 9.81. The van der Waals surface area contributed by atoms with E-state index in [2.05, 4.69) is 0 Å². The number of hydrogen-bond acceptors (Lipinski definition) is 4. The van der Waals surface area contributed by atoms with E-state index in [0.717, 1.165) is 0 Å². The van der Waals surface area contributed by atoms with Crippen LogP contribution in [0.25, 0.3) is 0 Å². The van der Waals surface area contributed by atoms with Crippen LogP contribution in [0, 0.1) is 11.3 Å². The summed E-state index contributed by atoms with van der Waals surface area (Å²) in [5, 5.41) is 18.5. The van der Waals surface area contributed by atoms with Crippen LogP contribution in [0.15, 0.2) is 24.3 Å². The molecule has 0 bridgehead atoms. The number of hydrogen-bond donors (Lipinski definition) is 1. The molecule has 1 aliphatic rings. The van der Waals surface area contributed by atoms with Crippen LogP contribution in [0.2, 0.25) is 0 Å². The summed E-state index contributed by atoms with van der Waals surface area (Å²) in [6, 6.07) is 8.97. The van der Waals surface area contributed by atoms with Crippen LogP contribution in [0.3, 0.4) is 0 Å². The zero-order valence-electron chi connectivity index (χ0n) is 8.30. The fourth-order valence-electron chi connectivity index (χ4n) is 1.37. The minimum atomic E-state index is -1.53. The summed E-state index contributed by atoms with van der Waals surface area (Å²) in [7, 11) is 0. The van der Waals surface area contributed by atoms with Gasteiger partial charge in [-0.05, 0) is 19.1 Å². The van der Waals surface area contributed by atoms with Crippen LogP contribution in [-0.4, -0.2) is 23.4 Å². The summed E-state index contributed by atoms with van der Waals surface area (Å²) in [5.41, 5.74) is -1.53. The molecule has 2 rings (SSSR count). The van der Waals surface area contributed by atoms with E-state index in [4.69, 9.17) is 14.7 Å². The van der Waals surface area contributed by atoms with Crippen molar-refractivity contribution in [2.45, 2.75) is 18.6 Å². The molecule has 0 spiro atoms. The average Bonchev–Trinajstić information content (AvgIpc) is 2.28. The Morgan fingerprint density at radius 2 is 2.13 bits per heavy atom. The van der Waals surface area contributed by atoms with Gasteiger partial charge in [-0.1, -0.05) is 12.1 Å². The van der Waals surface area contributed by atoms with E-state index in [0.29, 0.717) is 11.5 Å². The number of nitriles is 1. The lowest BCUT2D eigenvalue weighted by Gasteiger charge is -2.31. The number of rotatable bonds is 1. The fraction of sp³-hybridized carbons (Fsp3) is 0.364. The lowest BCUT2D eigenvalue weighted by atomic mass is 10.0. The second-order valence-electron chi connectivity index (χ2n) is 3.62. The Bertz CT molecular complexity index is 409. The van der Waals surface area contributed by atoms with Crippen molar-refractivity contribution >= 4 is 0 Å². The molecule has 1 aromatic rings. The normalized spacial score (nSPS) is 22.6. The molecule has 0 saturated carbocycles. The van der Waals surface area contributed by atoms with E-state index < -0.39 is 11.7 Å². The SMILES string of the molecule is CC(O)(C#N)C1COc2ccccc2O1. The highest BCUT2D eigenvalue weighted by atomic mass is 16.6. The van der Waals surface area contributed by atoms with E-state index in [9.17, 15) is 5.11 Å². The van der Waals surface area contributed by atoms with Gasteiger partial charge in [-0.3, -0.25) is 0 Å². The number of aliphatic hydroxyl groups is 1. The zero-order chi connectivity index (χ0) is 10.9. The molecule has 4 nitrogen and oxygen atoms in total. The van der Waals surface area contributed by atoms with Crippen molar-refractivity contribution in [3.63, 3.8) is 0 Å². The summed E-state index contributed by atoms with van der Waals surface area (Å²) >= 11 is 0. The maximum atomic E-state index is 9.71. The van der Waals surface area contributed by atoms with Crippen molar-refractivity contribution < 1.29 is 14.6 Å². The summed E-state index contributed by atoms with van der Waals surface area (Å²) in [6.45, 7) is 1.59. The molecule has 1 heterocycles. The molecule has 0 aliphatic carbocycles. The van der Waals surface area contributed by atoms with Crippen molar-refractivity contribution in [2.24, 2.45) is 0 Å². The summed E-state index contributed by atoms with van der Waals surface area (Å²) in [5.74, 6) is 1.20. The Balaban J connectivity index is 2.23. The Morgan fingerprint density at radius 1 is 1.47 bits per heavy atom. The van der Waals surface area contributed by atoms with Gasteiger partial charge in [0, 0.05) is 0 Å². The molecule has 2 unspecified atom stereocenters. The number of fused-ring (bicyclic) bond motifs is 1. The molecule has 1 N–H and O–H groups in total. The van der Waals surface area contributed by atoms with Gasteiger partial charge in [-0.25, -0.2) is 0 Å². The molecule has 0 radical (unpaired) electrons. The van der Waals surface area contributed by atoms with Crippen LogP contribution < -0.4 is 9.47 Å². The first-order valence-corrected chi connectivity index (χ1v) is 4.65. The predicted molar refractivity (Wildman–Crippen MR) is 52.6 cm³/mol. The third-order valence-electron chi connectivity index (χ3n) is 2.36. The maximum absolute atomic E-state index is 9.71. The Morgan fingerprint density at radius 3 is 2.80 bits per heavy atom. The topological polar surface area (TPSA) is 62.5 Å². The summed E-state index contributed by atoms with van der Waals surface area (Å²) in [4.78, 5) is 0. The van der Waals surface area contributed by atoms with Crippen molar-refractivity contribution in [3.05, 3.63) is 24.3 Å². The highest BCUT2D eigenvalue weighted by Gasteiger charge is 2.37. The lowest BCUT2D eigenvalue weighted by molar-refractivity contribution is -0.0423. The Kier molecular flexibility index (Phi) is 2.25. The van der Waals surface area contributed by atoms with Gasteiger partial charge in [0.1, 0.15) is 12.7 Å². The molecule has 0 aromatic heterocycles. The van der Waals surface area contributed by atoms with Gasteiger partial charge < -0.3 is 14.6 Å². The molecule has 1 aromatic carbocycles. The van der Waals surface area contributed by atoms with Crippen LogP contribution in [-0.2, 0) is 0 Å². The first-order chi connectivity index (χ1) is 7.13. The molecule has 78 valence electrons.